The number of halogens is 1. The maximum atomic E-state index is 15.5. The minimum atomic E-state index is -3.60. The van der Waals surface area contributed by atoms with E-state index in [1.807, 2.05) is 0 Å². The molecule has 14 nitrogen and oxygen atoms in total. The van der Waals surface area contributed by atoms with E-state index in [4.69, 9.17) is 14.0 Å². The van der Waals surface area contributed by atoms with Gasteiger partial charge in [0, 0.05) is 43.2 Å². The maximum Gasteiger partial charge on any atom is 0.425 e. The van der Waals surface area contributed by atoms with Crippen molar-refractivity contribution in [2.24, 2.45) is 0 Å². The van der Waals surface area contributed by atoms with E-state index in [-0.39, 0.29) is 39.7 Å². The Hall–Kier alpha value is -5.38. The predicted octanol–water partition coefficient (Wildman–Crippen LogP) is 7.57. The van der Waals surface area contributed by atoms with Gasteiger partial charge in [-0.2, -0.15) is 4.90 Å². The summed E-state index contributed by atoms with van der Waals surface area (Å²) in [6.45, 7) is 13.1. The number of nitrogens with zero attached hydrogens (tertiary/aromatic N) is 5. The molecule has 272 valence electrons. The molecular formula is C35H40FN5O9S. The molecule has 4 rings (SSSR count). The molecule has 0 unspecified atom stereocenters. The van der Waals surface area contributed by atoms with E-state index < -0.39 is 56.2 Å². The number of amides is 3. The van der Waals surface area contributed by atoms with Gasteiger partial charge < -0.3 is 24.0 Å². The summed E-state index contributed by atoms with van der Waals surface area (Å²) in [4.78, 5) is 48.1. The highest BCUT2D eigenvalue weighted by Crippen LogP contribution is 2.36. The summed E-state index contributed by atoms with van der Waals surface area (Å²) in [6.07, 6.45) is -1.07. The van der Waals surface area contributed by atoms with E-state index in [1.54, 1.807) is 61.5 Å². The number of pyridine rings is 2. The smallest absolute Gasteiger partial charge is 0.425 e. The van der Waals surface area contributed by atoms with Gasteiger partial charge in [0.15, 0.2) is 21.4 Å². The first-order chi connectivity index (χ1) is 23.6. The molecule has 4 aromatic rings. The Kier molecular flexibility index (Phi) is 10.9. The van der Waals surface area contributed by atoms with E-state index in [2.05, 4.69) is 15.1 Å². The number of rotatable bonds is 8. The van der Waals surface area contributed by atoms with Crippen LogP contribution in [0.3, 0.4) is 0 Å². The predicted molar refractivity (Wildman–Crippen MR) is 185 cm³/mol. The molecule has 3 aromatic heterocycles. The third kappa shape index (κ3) is 9.25. The van der Waals surface area contributed by atoms with Gasteiger partial charge in [0.05, 0.1) is 21.4 Å². The zero-order valence-electron chi connectivity index (χ0n) is 29.7. The van der Waals surface area contributed by atoms with Crippen LogP contribution in [-0.2, 0) is 25.9 Å². The lowest BCUT2D eigenvalue weighted by Gasteiger charge is -2.24. The van der Waals surface area contributed by atoms with E-state index in [0.717, 1.165) is 0 Å². The molecule has 51 heavy (non-hydrogen) atoms. The van der Waals surface area contributed by atoms with Crippen LogP contribution in [0.15, 0.2) is 64.3 Å². The van der Waals surface area contributed by atoms with Crippen LogP contribution < -0.4 is 4.90 Å². The minimum Gasteiger partial charge on any atom is -0.464 e. The first kappa shape index (κ1) is 38.4. The molecule has 1 aromatic carbocycles. The van der Waals surface area contributed by atoms with Crippen molar-refractivity contribution in [1.29, 1.82) is 0 Å². The van der Waals surface area contributed by atoms with Crippen LogP contribution in [0.1, 0.15) is 61.0 Å². The third-order valence-corrected chi connectivity index (χ3v) is 9.18. The zero-order valence-corrected chi connectivity index (χ0v) is 30.5. The molecule has 0 aliphatic heterocycles. The Labute approximate surface area is 295 Å². The first-order valence-electron chi connectivity index (χ1n) is 15.7. The Bertz CT molecular complexity index is 2050. The monoisotopic (exact) mass is 725 g/mol. The molecule has 16 heteroatoms. The Morgan fingerprint density at radius 3 is 2.08 bits per heavy atom. The fraction of sp³-hybridized carbons (Fsp3) is 0.371. The summed E-state index contributed by atoms with van der Waals surface area (Å²) in [7, 11) is -2.08. The lowest BCUT2D eigenvalue weighted by molar-refractivity contribution is 0.0284. The normalized spacial score (nSPS) is 12.1. The topological polar surface area (TPSA) is 182 Å². The highest BCUT2D eigenvalue weighted by molar-refractivity contribution is 7.92. The van der Waals surface area contributed by atoms with Crippen molar-refractivity contribution in [1.82, 2.24) is 20.0 Å². The number of carbonyl (C=O) groups excluding carboxylic acids is 2. The third-order valence-electron chi connectivity index (χ3n) is 7.04. The first-order valence-corrected chi connectivity index (χ1v) is 17.3. The summed E-state index contributed by atoms with van der Waals surface area (Å²) in [5, 5.41) is 13.4. The fourth-order valence-corrected chi connectivity index (χ4v) is 5.59. The van der Waals surface area contributed by atoms with Crippen LogP contribution in [0.2, 0.25) is 0 Å². The molecule has 0 spiro atoms. The van der Waals surface area contributed by atoms with Crippen LogP contribution in [-0.4, -0.2) is 75.3 Å². The summed E-state index contributed by atoms with van der Waals surface area (Å²) in [5.41, 5.74) is -0.687. The Morgan fingerprint density at radius 1 is 0.882 bits per heavy atom. The van der Waals surface area contributed by atoms with Gasteiger partial charge in [0.1, 0.15) is 22.7 Å². The van der Waals surface area contributed by atoms with Crippen LogP contribution in [0.25, 0.3) is 33.8 Å². The molecular weight excluding hydrogens is 685 g/mol. The van der Waals surface area contributed by atoms with Crippen LogP contribution in [0, 0.1) is 5.82 Å². The lowest BCUT2D eigenvalue weighted by Crippen LogP contribution is -2.41. The molecule has 0 radical (unpaired) electrons. The number of anilines is 1. The molecule has 0 aliphatic carbocycles. The Morgan fingerprint density at radius 2 is 1.53 bits per heavy atom. The Balaban J connectivity index is 1.76. The SMILES string of the molecule is CC(C)S(=O)(=O)c1ccc(-c2cnc(N(C(=O)O)C(=O)OC(C)(C)C)c(-c3cc(-c4ccc(CN(C)C(=O)OC(C)(C)C)cc4F)no3)c2)nc1. The standard InChI is InChI=1S/C35H40FN5O9S/c1-20(2)51(46,47)23-11-13-27(37-18-23)22-15-25(30(38-17-22)41(31(42)43)33(45)49-35(6,7)8)29-16-28(39-50-29)24-12-10-21(14-26(24)36)19-40(9)32(44)48-34(3,4)5/h10-18,20H,19H2,1-9H3,(H,42,43). The number of hydrogen-bond acceptors (Lipinski definition) is 11. The summed E-state index contributed by atoms with van der Waals surface area (Å²) in [5.74, 6) is -1.17. The second-order valence-electron chi connectivity index (χ2n) is 13.9. The number of ether oxygens (including phenoxy) is 2. The maximum absolute atomic E-state index is 15.5. The van der Waals surface area contributed by atoms with Crippen molar-refractivity contribution >= 4 is 33.9 Å². The largest absolute Gasteiger partial charge is 0.464 e. The molecule has 3 heterocycles. The molecule has 0 saturated carbocycles. The fourth-order valence-electron chi connectivity index (χ4n) is 4.58. The van der Waals surface area contributed by atoms with Gasteiger partial charge >= 0.3 is 18.3 Å². The van der Waals surface area contributed by atoms with E-state index >= 15 is 4.39 Å². The van der Waals surface area contributed by atoms with Gasteiger partial charge in [-0.25, -0.2) is 32.2 Å². The van der Waals surface area contributed by atoms with Gasteiger partial charge in [-0.05, 0) is 91.3 Å². The van der Waals surface area contributed by atoms with Gasteiger partial charge in [0.2, 0.25) is 0 Å². The highest BCUT2D eigenvalue weighted by atomic mass is 32.2. The number of imide groups is 1. The number of carboxylic acid groups (broad SMARTS) is 1. The summed E-state index contributed by atoms with van der Waals surface area (Å²) < 4.78 is 57.0. The van der Waals surface area contributed by atoms with Crippen LogP contribution in [0.4, 0.5) is 24.6 Å². The molecule has 0 bridgehead atoms. The second kappa shape index (κ2) is 14.5. The molecule has 1 N–H and O–H groups in total. The number of benzene rings is 1. The quantitative estimate of drug-likeness (QED) is 0.188. The minimum absolute atomic E-state index is 0.0115. The van der Waals surface area contributed by atoms with Crippen molar-refractivity contribution in [3.8, 4) is 33.8 Å². The lowest BCUT2D eigenvalue weighted by atomic mass is 10.0. The van der Waals surface area contributed by atoms with Gasteiger partial charge in [-0.15, -0.1) is 0 Å². The molecule has 0 saturated heterocycles. The van der Waals surface area contributed by atoms with Crippen molar-refractivity contribution in [3.63, 3.8) is 0 Å². The average molecular weight is 726 g/mol. The second-order valence-corrected chi connectivity index (χ2v) is 16.4. The summed E-state index contributed by atoms with van der Waals surface area (Å²) in [6, 6.07) is 9.91. The highest BCUT2D eigenvalue weighted by Gasteiger charge is 2.33. The van der Waals surface area contributed by atoms with Gasteiger partial charge in [-0.1, -0.05) is 11.2 Å². The summed E-state index contributed by atoms with van der Waals surface area (Å²) >= 11 is 0. The number of carbonyl (C=O) groups is 3. The van der Waals surface area contributed by atoms with Crippen molar-refractivity contribution in [3.05, 3.63) is 66.2 Å². The van der Waals surface area contributed by atoms with Crippen molar-refractivity contribution in [2.75, 3.05) is 11.9 Å². The average Bonchev–Trinajstić information content (AvgIpc) is 3.49. The van der Waals surface area contributed by atoms with E-state index in [1.165, 1.54) is 60.7 Å². The number of sulfone groups is 1. The van der Waals surface area contributed by atoms with Crippen molar-refractivity contribution in [2.45, 2.75) is 83.3 Å². The van der Waals surface area contributed by atoms with Gasteiger partial charge in [0.25, 0.3) is 0 Å². The number of aromatic nitrogens is 3. The van der Waals surface area contributed by atoms with Gasteiger partial charge in [-0.3, -0.25) is 4.98 Å². The van der Waals surface area contributed by atoms with E-state index in [0.29, 0.717) is 16.0 Å². The van der Waals surface area contributed by atoms with E-state index in [9.17, 15) is 27.9 Å². The number of hydrogen-bond donors (Lipinski definition) is 1. The molecule has 0 fully saturated rings. The van der Waals surface area contributed by atoms with Crippen LogP contribution in [0.5, 0.6) is 0 Å². The van der Waals surface area contributed by atoms with Crippen LogP contribution >= 0.6 is 0 Å². The molecule has 0 aliphatic rings. The molecule has 3 amide bonds. The van der Waals surface area contributed by atoms with Crippen molar-refractivity contribution < 1.29 is 46.3 Å². The zero-order chi connectivity index (χ0) is 38.1. The molecule has 0 atom stereocenters.